The first-order valence-electron chi connectivity index (χ1n) is 7.80. The van der Waals surface area contributed by atoms with E-state index in [4.69, 9.17) is 4.52 Å². The van der Waals surface area contributed by atoms with Crippen molar-refractivity contribution in [1.82, 2.24) is 15.5 Å². The molecule has 1 fully saturated rings. The monoisotopic (exact) mass is 309 g/mol. The van der Waals surface area contributed by atoms with Gasteiger partial charge in [-0.1, -0.05) is 38.3 Å². The standard InChI is InChI=1S/C15H23N3O4/c1-10(2)13-16-12(22-18-13)7-6-11(19)17-15(14(20)21)8-4-3-5-9-15/h10H,3-9H2,1-2H3,(H,17,19)(H,20,21). The minimum absolute atomic E-state index is 0.148. The maximum absolute atomic E-state index is 12.1. The summed E-state index contributed by atoms with van der Waals surface area (Å²) in [7, 11) is 0. The van der Waals surface area contributed by atoms with E-state index in [9.17, 15) is 14.7 Å². The molecule has 7 heteroatoms. The van der Waals surface area contributed by atoms with Crippen molar-refractivity contribution in [3.8, 4) is 0 Å². The van der Waals surface area contributed by atoms with Gasteiger partial charge in [-0.25, -0.2) is 4.79 Å². The molecule has 1 aromatic rings. The number of aryl methyl sites for hydroxylation is 1. The summed E-state index contributed by atoms with van der Waals surface area (Å²) in [6, 6.07) is 0. The summed E-state index contributed by atoms with van der Waals surface area (Å²) in [4.78, 5) is 27.8. The third-order valence-electron chi connectivity index (χ3n) is 4.06. The van der Waals surface area contributed by atoms with Gasteiger partial charge in [-0.05, 0) is 12.8 Å². The van der Waals surface area contributed by atoms with E-state index in [0.29, 0.717) is 31.0 Å². The van der Waals surface area contributed by atoms with Crippen molar-refractivity contribution in [2.24, 2.45) is 0 Å². The Labute approximate surface area is 129 Å². The van der Waals surface area contributed by atoms with Crippen molar-refractivity contribution in [3.63, 3.8) is 0 Å². The van der Waals surface area contributed by atoms with Crippen LogP contribution in [-0.4, -0.2) is 32.7 Å². The summed E-state index contributed by atoms with van der Waals surface area (Å²) >= 11 is 0. The van der Waals surface area contributed by atoms with Crippen molar-refractivity contribution in [1.29, 1.82) is 0 Å². The lowest BCUT2D eigenvalue weighted by atomic mass is 9.81. The molecule has 2 rings (SSSR count). The number of hydrogen-bond acceptors (Lipinski definition) is 5. The summed E-state index contributed by atoms with van der Waals surface area (Å²) in [6.45, 7) is 3.92. The summed E-state index contributed by atoms with van der Waals surface area (Å²) in [5.74, 6) is -0.0329. The van der Waals surface area contributed by atoms with Crippen LogP contribution in [0.2, 0.25) is 0 Å². The van der Waals surface area contributed by atoms with Crippen molar-refractivity contribution in [2.75, 3.05) is 0 Å². The molecule has 1 aliphatic rings. The van der Waals surface area contributed by atoms with E-state index in [2.05, 4.69) is 15.5 Å². The van der Waals surface area contributed by atoms with Gasteiger partial charge in [0.25, 0.3) is 0 Å². The molecule has 0 bridgehead atoms. The Bertz CT molecular complexity index is 533. The Morgan fingerprint density at radius 3 is 2.55 bits per heavy atom. The van der Waals surface area contributed by atoms with Gasteiger partial charge in [0.15, 0.2) is 5.82 Å². The Balaban J connectivity index is 1.89. The van der Waals surface area contributed by atoms with Crippen LogP contribution in [0.15, 0.2) is 4.52 Å². The van der Waals surface area contributed by atoms with E-state index in [1.54, 1.807) is 0 Å². The van der Waals surface area contributed by atoms with Crippen LogP contribution in [0.25, 0.3) is 0 Å². The fraction of sp³-hybridized carbons (Fsp3) is 0.733. The second-order valence-corrected chi connectivity index (χ2v) is 6.20. The molecule has 0 radical (unpaired) electrons. The van der Waals surface area contributed by atoms with Crippen LogP contribution in [0.4, 0.5) is 0 Å². The topological polar surface area (TPSA) is 105 Å². The highest BCUT2D eigenvalue weighted by Gasteiger charge is 2.40. The van der Waals surface area contributed by atoms with Crippen molar-refractivity contribution in [3.05, 3.63) is 11.7 Å². The number of amides is 1. The Kier molecular flexibility index (Phi) is 5.15. The molecule has 1 amide bonds. The predicted molar refractivity (Wildman–Crippen MR) is 78.3 cm³/mol. The molecule has 0 aromatic carbocycles. The molecule has 0 aliphatic heterocycles. The SMILES string of the molecule is CC(C)c1noc(CCC(=O)NC2(C(=O)O)CCCCC2)n1. The number of rotatable bonds is 6. The zero-order valence-electron chi connectivity index (χ0n) is 13.1. The molecule has 122 valence electrons. The quantitative estimate of drug-likeness (QED) is 0.833. The Morgan fingerprint density at radius 2 is 2.00 bits per heavy atom. The third kappa shape index (κ3) is 3.84. The average molecular weight is 309 g/mol. The van der Waals surface area contributed by atoms with Gasteiger partial charge in [0, 0.05) is 18.8 Å². The fourth-order valence-corrected chi connectivity index (χ4v) is 2.70. The van der Waals surface area contributed by atoms with Crippen molar-refractivity contribution in [2.45, 2.75) is 70.3 Å². The number of carboxylic acids is 1. The normalized spacial score (nSPS) is 17.4. The summed E-state index contributed by atoms with van der Waals surface area (Å²) < 4.78 is 5.08. The molecule has 0 unspecified atom stereocenters. The van der Waals surface area contributed by atoms with Gasteiger partial charge in [0.2, 0.25) is 11.8 Å². The molecule has 0 atom stereocenters. The minimum Gasteiger partial charge on any atom is -0.480 e. The average Bonchev–Trinajstić information content (AvgIpc) is 2.95. The van der Waals surface area contributed by atoms with Crippen LogP contribution in [-0.2, 0) is 16.0 Å². The number of carboxylic acid groups (broad SMARTS) is 1. The summed E-state index contributed by atoms with van der Waals surface area (Å²) in [5.41, 5.74) is -1.10. The van der Waals surface area contributed by atoms with Crippen LogP contribution in [0.1, 0.15) is 70.0 Å². The van der Waals surface area contributed by atoms with Crippen LogP contribution in [0.5, 0.6) is 0 Å². The van der Waals surface area contributed by atoms with Gasteiger partial charge in [0.05, 0.1) is 0 Å². The van der Waals surface area contributed by atoms with Crippen molar-refractivity contribution >= 4 is 11.9 Å². The Hall–Kier alpha value is -1.92. The summed E-state index contributed by atoms with van der Waals surface area (Å²) in [5, 5.41) is 16.0. The van der Waals surface area contributed by atoms with E-state index in [-0.39, 0.29) is 18.2 Å². The van der Waals surface area contributed by atoms with Gasteiger partial charge in [0.1, 0.15) is 5.54 Å². The number of aliphatic carboxylic acids is 1. The highest BCUT2D eigenvalue weighted by Crippen LogP contribution is 2.28. The first-order valence-corrected chi connectivity index (χ1v) is 7.80. The molecule has 1 saturated carbocycles. The molecule has 0 spiro atoms. The molecule has 22 heavy (non-hydrogen) atoms. The number of nitrogens with one attached hydrogen (secondary N) is 1. The van der Waals surface area contributed by atoms with Crippen LogP contribution in [0, 0.1) is 0 Å². The maximum atomic E-state index is 12.1. The van der Waals surface area contributed by atoms with Crippen LogP contribution in [0.3, 0.4) is 0 Å². The lowest BCUT2D eigenvalue weighted by molar-refractivity contribution is -0.149. The fourth-order valence-electron chi connectivity index (χ4n) is 2.70. The second-order valence-electron chi connectivity index (χ2n) is 6.20. The van der Waals surface area contributed by atoms with E-state index in [1.165, 1.54) is 0 Å². The van der Waals surface area contributed by atoms with Crippen molar-refractivity contribution < 1.29 is 19.2 Å². The molecule has 0 saturated heterocycles. The zero-order valence-corrected chi connectivity index (χ0v) is 13.1. The lowest BCUT2D eigenvalue weighted by Crippen LogP contribution is -2.55. The smallest absolute Gasteiger partial charge is 0.329 e. The second kappa shape index (κ2) is 6.89. The van der Waals surface area contributed by atoms with Crippen LogP contribution < -0.4 is 5.32 Å². The Morgan fingerprint density at radius 1 is 1.32 bits per heavy atom. The molecular weight excluding hydrogens is 286 g/mol. The van der Waals surface area contributed by atoms with Gasteiger partial charge >= 0.3 is 5.97 Å². The van der Waals surface area contributed by atoms with E-state index in [1.807, 2.05) is 13.8 Å². The molecule has 1 aliphatic carbocycles. The highest BCUT2D eigenvalue weighted by atomic mass is 16.5. The number of carbonyl (C=O) groups is 2. The number of nitrogens with zero attached hydrogens (tertiary/aromatic N) is 2. The molecular formula is C15H23N3O4. The third-order valence-corrected chi connectivity index (χ3v) is 4.06. The van der Waals surface area contributed by atoms with Gasteiger partial charge in [-0.3, -0.25) is 4.79 Å². The molecule has 2 N–H and O–H groups in total. The van der Waals surface area contributed by atoms with E-state index >= 15 is 0 Å². The molecule has 1 aromatic heterocycles. The first kappa shape index (κ1) is 16.5. The molecule has 1 heterocycles. The summed E-state index contributed by atoms with van der Waals surface area (Å²) in [6.07, 6.45) is 4.13. The zero-order chi connectivity index (χ0) is 16.2. The van der Waals surface area contributed by atoms with E-state index < -0.39 is 11.5 Å². The highest BCUT2D eigenvalue weighted by molar-refractivity contribution is 5.87. The predicted octanol–water partition coefficient (Wildman–Crippen LogP) is 2.03. The maximum Gasteiger partial charge on any atom is 0.329 e. The van der Waals surface area contributed by atoms with E-state index in [0.717, 1.165) is 19.3 Å². The number of aromatic nitrogens is 2. The first-order chi connectivity index (χ1) is 10.4. The van der Waals surface area contributed by atoms with Gasteiger partial charge in [-0.2, -0.15) is 4.98 Å². The lowest BCUT2D eigenvalue weighted by Gasteiger charge is -2.33. The number of carbonyl (C=O) groups excluding carboxylic acids is 1. The minimum atomic E-state index is -1.10. The van der Waals surface area contributed by atoms with Crippen LogP contribution >= 0.6 is 0 Å². The molecule has 7 nitrogen and oxygen atoms in total. The van der Waals surface area contributed by atoms with Gasteiger partial charge in [-0.15, -0.1) is 0 Å². The number of hydrogen-bond donors (Lipinski definition) is 2. The van der Waals surface area contributed by atoms with Gasteiger partial charge < -0.3 is 14.9 Å². The largest absolute Gasteiger partial charge is 0.480 e.